The van der Waals surface area contributed by atoms with Crippen LogP contribution in [0.4, 0.5) is 5.82 Å². The fraction of sp³-hybridized carbons (Fsp3) is 0.667. The van der Waals surface area contributed by atoms with E-state index in [4.69, 9.17) is 4.74 Å². The second kappa shape index (κ2) is 6.41. The van der Waals surface area contributed by atoms with Crippen molar-refractivity contribution in [3.8, 4) is 0 Å². The molecule has 3 heterocycles. The van der Waals surface area contributed by atoms with Crippen molar-refractivity contribution < 1.29 is 4.74 Å². The molecule has 4 nitrogen and oxygen atoms in total. The van der Waals surface area contributed by atoms with Crippen molar-refractivity contribution in [3.05, 3.63) is 22.3 Å². The monoisotopic (exact) mass is 339 g/mol. The van der Waals surface area contributed by atoms with Gasteiger partial charge in [0, 0.05) is 50.0 Å². The number of hydrogen-bond acceptors (Lipinski definition) is 4. The lowest BCUT2D eigenvalue weighted by molar-refractivity contribution is 0.164. The molecular weight excluding hydrogens is 318 g/mol. The standard InChI is InChI=1S/C15H22BrN3O/c1-12-8-14(16)9-17-15(12)19-5-3-18(4-6-19)10-13-2-7-20-11-13/h8-9,13H,2-7,10-11H2,1H3. The number of pyridine rings is 1. The van der Waals surface area contributed by atoms with Crippen LogP contribution < -0.4 is 4.90 Å². The first-order chi connectivity index (χ1) is 9.72. The number of rotatable bonds is 3. The molecule has 0 radical (unpaired) electrons. The van der Waals surface area contributed by atoms with Crippen LogP contribution in [-0.2, 0) is 4.74 Å². The van der Waals surface area contributed by atoms with E-state index >= 15 is 0 Å². The predicted octanol–water partition coefficient (Wildman–Crippen LogP) is 2.31. The van der Waals surface area contributed by atoms with Gasteiger partial charge < -0.3 is 9.64 Å². The van der Waals surface area contributed by atoms with Gasteiger partial charge in [-0.15, -0.1) is 0 Å². The molecule has 0 bridgehead atoms. The van der Waals surface area contributed by atoms with Crippen molar-refractivity contribution in [2.24, 2.45) is 5.92 Å². The third-order valence-electron chi connectivity index (χ3n) is 4.23. The maximum atomic E-state index is 5.46. The Kier molecular flexibility index (Phi) is 4.58. The molecule has 1 aromatic heterocycles. The van der Waals surface area contributed by atoms with E-state index in [0.717, 1.165) is 55.6 Å². The number of halogens is 1. The number of nitrogens with zero attached hydrogens (tertiary/aromatic N) is 3. The first kappa shape index (κ1) is 14.3. The minimum atomic E-state index is 0.745. The summed E-state index contributed by atoms with van der Waals surface area (Å²) in [6.07, 6.45) is 3.12. The summed E-state index contributed by atoms with van der Waals surface area (Å²) in [6, 6.07) is 2.14. The predicted molar refractivity (Wildman–Crippen MR) is 84.3 cm³/mol. The topological polar surface area (TPSA) is 28.6 Å². The Labute approximate surface area is 129 Å². The van der Waals surface area contributed by atoms with E-state index in [1.165, 1.54) is 18.5 Å². The fourth-order valence-corrected chi connectivity index (χ4v) is 3.54. The highest BCUT2D eigenvalue weighted by molar-refractivity contribution is 9.10. The number of hydrogen-bond donors (Lipinski definition) is 0. The largest absolute Gasteiger partial charge is 0.381 e. The van der Waals surface area contributed by atoms with Crippen LogP contribution in [-0.4, -0.2) is 55.8 Å². The number of anilines is 1. The van der Waals surface area contributed by atoms with Crippen molar-refractivity contribution in [3.63, 3.8) is 0 Å². The van der Waals surface area contributed by atoms with Gasteiger partial charge >= 0.3 is 0 Å². The first-order valence-electron chi connectivity index (χ1n) is 7.39. The molecule has 20 heavy (non-hydrogen) atoms. The molecule has 1 aromatic rings. The summed E-state index contributed by atoms with van der Waals surface area (Å²) in [4.78, 5) is 9.55. The average Bonchev–Trinajstić information content (AvgIpc) is 2.93. The molecule has 2 aliphatic rings. The lowest BCUT2D eigenvalue weighted by Crippen LogP contribution is -2.48. The van der Waals surface area contributed by atoms with Crippen LogP contribution in [0.25, 0.3) is 0 Å². The van der Waals surface area contributed by atoms with E-state index in [0.29, 0.717) is 0 Å². The van der Waals surface area contributed by atoms with E-state index in [1.54, 1.807) is 0 Å². The Hall–Kier alpha value is -0.650. The first-order valence-corrected chi connectivity index (χ1v) is 8.19. The summed E-state index contributed by atoms with van der Waals surface area (Å²) < 4.78 is 6.52. The molecule has 3 rings (SSSR count). The summed E-state index contributed by atoms with van der Waals surface area (Å²) in [5.74, 6) is 1.88. The van der Waals surface area contributed by atoms with Gasteiger partial charge in [0.05, 0.1) is 6.61 Å². The third-order valence-corrected chi connectivity index (χ3v) is 4.66. The number of aryl methyl sites for hydroxylation is 1. The van der Waals surface area contributed by atoms with Crippen LogP contribution >= 0.6 is 15.9 Å². The van der Waals surface area contributed by atoms with E-state index in [-0.39, 0.29) is 0 Å². The molecule has 2 aliphatic heterocycles. The van der Waals surface area contributed by atoms with Gasteiger partial charge in [0.15, 0.2) is 0 Å². The van der Waals surface area contributed by atoms with E-state index in [1.807, 2.05) is 6.20 Å². The van der Waals surface area contributed by atoms with Crippen LogP contribution in [0, 0.1) is 12.8 Å². The van der Waals surface area contributed by atoms with Gasteiger partial charge in [0.2, 0.25) is 0 Å². The SMILES string of the molecule is Cc1cc(Br)cnc1N1CCN(CC2CCOC2)CC1. The van der Waals surface area contributed by atoms with Gasteiger partial charge in [-0.3, -0.25) is 4.90 Å². The van der Waals surface area contributed by atoms with Gasteiger partial charge in [0.1, 0.15) is 5.82 Å². The maximum Gasteiger partial charge on any atom is 0.131 e. The summed E-state index contributed by atoms with van der Waals surface area (Å²) in [5.41, 5.74) is 1.25. The molecule has 1 atom stereocenters. The summed E-state index contributed by atoms with van der Waals surface area (Å²) in [7, 11) is 0. The van der Waals surface area contributed by atoms with Crippen molar-refractivity contribution >= 4 is 21.7 Å². The van der Waals surface area contributed by atoms with Crippen LogP contribution in [0.2, 0.25) is 0 Å². The van der Waals surface area contributed by atoms with E-state index < -0.39 is 0 Å². The van der Waals surface area contributed by atoms with Crippen molar-refractivity contribution in [1.29, 1.82) is 0 Å². The van der Waals surface area contributed by atoms with Gasteiger partial charge in [-0.05, 0) is 46.8 Å². The molecule has 0 spiro atoms. The minimum absolute atomic E-state index is 0.745. The Morgan fingerprint density at radius 1 is 1.35 bits per heavy atom. The molecule has 0 saturated carbocycles. The van der Waals surface area contributed by atoms with Crippen molar-refractivity contribution in [2.45, 2.75) is 13.3 Å². The van der Waals surface area contributed by atoms with Gasteiger partial charge in [-0.2, -0.15) is 0 Å². The van der Waals surface area contributed by atoms with Gasteiger partial charge in [-0.25, -0.2) is 4.98 Å². The summed E-state index contributed by atoms with van der Waals surface area (Å²) in [5, 5.41) is 0. The number of piperazine rings is 1. The highest BCUT2D eigenvalue weighted by atomic mass is 79.9. The summed E-state index contributed by atoms with van der Waals surface area (Å²) >= 11 is 3.48. The summed E-state index contributed by atoms with van der Waals surface area (Å²) in [6.45, 7) is 9.64. The molecule has 5 heteroatoms. The average molecular weight is 340 g/mol. The molecule has 0 N–H and O–H groups in total. The Morgan fingerprint density at radius 2 is 2.15 bits per heavy atom. The van der Waals surface area contributed by atoms with Crippen LogP contribution in [0.3, 0.4) is 0 Å². The minimum Gasteiger partial charge on any atom is -0.381 e. The molecule has 2 saturated heterocycles. The quantitative estimate of drug-likeness (QED) is 0.844. The smallest absolute Gasteiger partial charge is 0.131 e. The highest BCUT2D eigenvalue weighted by Crippen LogP contribution is 2.22. The lowest BCUT2D eigenvalue weighted by atomic mass is 10.1. The molecule has 1 unspecified atom stereocenters. The molecule has 0 aromatic carbocycles. The van der Waals surface area contributed by atoms with E-state index in [9.17, 15) is 0 Å². The highest BCUT2D eigenvalue weighted by Gasteiger charge is 2.23. The Morgan fingerprint density at radius 3 is 2.80 bits per heavy atom. The fourth-order valence-electron chi connectivity index (χ4n) is 3.10. The van der Waals surface area contributed by atoms with Crippen molar-refractivity contribution in [2.75, 3.05) is 50.8 Å². The second-order valence-corrected chi connectivity index (χ2v) is 6.73. The Balaban J connectivity index is 1.55. The normalized spacial score (nSPS) is 24.3. The lowest BCUT2D eigenvalue weighted by Gasteiger charge is -2.36. The van der Waals surface area contributed by atoms with Crippen LogP contribution in [0.5, 0.6) is 0 Å². The van der Waals surface area contributed by atoms with Crippen molar-refractivity contribution in [1.82, 2.24) is 9.88 Å². The second-order valence-electron chi connectivity index (χ2n) is 5.81. The van der Waals surface area contributed by atoms with Gasteiger partial charge in [0.25, 0.3) is 0 Å². The zero-order chi connectivity index (χ0) is 13.9. The van der Waals surface area contributed by atoms with Crippen LogP contribution in [0.15, 0.2) is 16.7 Å². The number of aromatic nitrogens is 1. The third kappa shape index (κ3) is 3.32. The van der Waals surface area contributed by atoms with Crippen LogP contribution in [0.1, 0.15) is 12.0 Å². The molecule has 2 fully saturated rings. The zero-order valence-electron chi connectivity index (χ0n) is 12.0. The zero-order valence-corrected chi connectivity index (χ0v) is 13.6. The number of ether oxygens (including phenoxy) is 1. The molecular formula is C15H22BrN3O. The van der Waals surface area contributed by atoms with E-state index in [2.05, 4.69) is 43.7 Å². The Bertz CT molecular complexity index is 454. The molecule has 0 aliphatic carbocycles. The maximum absolute atomic E-state index is 5.46. The molecule has 0 amide bonds. The van der Waals surface area contributed by atoms with Gasteiger partial charge in [-0.1, -0.05) is 0 Å². The molecule has 110 valence electrons.